The van der Waals surface area contributed by atoms with Gasteiger partial charge in [0, 0.05) is 0 Å². The molecule has 1 aliphatic rings. The van der Waals surface area contributed by atoms with E-state index in [1.807, 2.05) is 6.92 Å². The summed E-state index contributed by atoms with van der Waals surface area (Å²) < 4.78 is 35.9. The van der Waals surface area contributed by atoms with E-state index in [0.29, 0.717) is 34.8 Å². The average molecular weight is 479 g/mol. The molecule has 154 valence electrons. The SMILES string of the molecule is CCOc1cc(C(CS(C)(=O)=O)N2C(=O)c3cccc([AsH2])c3C2=O)ccc1OC. The molecule has 1 heterocycles. The third-order valence-electron chi connectivity index (χ3n) is 4.62. The Morgan fingerprint density at radius 2 is 1.83 bits per heavy atom. The van der Waals surface area contributed by atoms with Crippen molar-refractivity contribution in [3.8, 4) is 11.5 Å². The van der Waals surface area contributed by atoms with Gasteiger partial charge in [0.1, 0.15) is 0 Å². The summed E-state index contributed by atoms with van der Waals surface area (Å²) >= 11 is 1.23. The van der Waals surface area contributed by atoms with Crippen molar-refractivity contribution in [2.24, 2.45) is 0 Å². The maximum absolute atomic E-state index is 13.1. The first-order valence-corrected chi connectivity index (χ1v) is 12.2. The van der Waals surface area contributed by atoms with Crippen LogP contribution in [-0.2, 0) is 9.84 Å². The van der Waals surface area contributed by atoms with Gasteiger partial charge in [0.25, 0.3) is 0 Å². The second-order valence-corrected chi connectivity index (χ2v) is 10.2. The minimum atomic E-state index is -3.51. The molecule has 7 nitrogen and oxygen atoms in total. The van der Waals surface area contributed by atoms with Gasteiger partial charge in [0.15, 0.2) is 0 Å². The molecular weight excluding hydrogens is 457 g/mol. The fraction of sp³-hybridized carbons (Fsp3) is 0.300. The van der Waals surface area contributed by atoms with Crippen LogP contribution in [0.2, 0.25) is 0 Å². The number of fused-ring (bicyclic) bond motifs is 1. The van der Waals surface area contributed by atoms with Crippen molar-refractivity contribution in [3.05, 3.63) is 53.1 Å². The molecule has 0 aliphatic carbocycles. The van der Waals surface area contributed by atoms with Crippen LogP contribution < -0.4 is 13.8 Å². The number of carbonyl (C=O) groups is 2. The first-order chi connectivity index (χ1) is 13.7. The van der Waals surface area contributed by atoms with E-state index >= 15 is 0 Å². The number of nitrogens with zero attached hydrogens (tertiary/aromatic N) is 1. The van der Waals surface area contributed by atoms with E-state index in [1.165, 1.54) is 24.0 Å². The van der Waals surface area contributed by atoms with Gasteiger partial charge in [-0.15, -0.1) is 0 Å². The molecule has 0 N–H and O–H groups in total. The summed E-state index contributed by atoms with van der Waals surface area (Å²) in [6.45, 7) is 2.19. The van der Waals surface area contributed by atoms with Crippen molar-refractivity contribution in [3.63, 3.8) is 0 Å². The van der Waals surface area contributed by atoms with Gasteiger partial charge in [-0.2, -0.15) is 0 Å². The molecule has 0 radical (unpaired) electrons. The Balaban J connectivity index is 2.13. The Hall–Kier alpha value is -2.31. The fourth-order valence-corrected chi connectivity index (χ4v) is 5.12. The minimum absolute atomic E-state index is 0.300. The average Bonchev–Trinajstić information content (AvgIpc) is 2.91. The van der Waals surface area contributed by atoms with E-state index in [-0.39, 0.29) is 5.75 Å². The van der Waals surface area contributed by atoms with Gasteiger partial charge in [0.2, 0.25) is 0 Å². The van der Waals surface area contributed by atoms with Crippen molar-refractivity contribution in [1.29, 1.82) is 0 Å². The number of imide groups is 1. The zero-order valence-electron chi connectivity index (χ0n) is 16.3. The Morgan fingerprint density at radius 1 is 1.10 bits per heavy atom. The Kier molecular flexibility index (Phi) is 6.05. The fourth-order valence-electron chi connectivity index (χ4n) is 3.39. The van der Waals surface area contributed by atoms with Crippen LogP contribution in [0.4, 0.5) is 0 Å². The number of hydrogen-bond acceptors (Lipinski definition) is 6. The second-order valence-electron chi connectivity index (χ2n) is 6.70. The number of rotatable bonds is 7. The normalized spacial score (nSPS) is 14.7. The van der Waals surface area contributed by atoms with Gasteiger partial charge in [-0.3, -0.25) is 0 Å². The van der Waals surface area contributed by atoms with Gasteiger partial charge >= 0.3 is 179 Å². The Bertz CT molecular complexity index is 1080. The molecule has 2 amide bonds. The first kappa shape index (κ1) is 21.4. The van der Waals surface area contributed by atoms with Crippen molar-refractivity contribution in [2.45, 2.75) is 13.0 Å². The summed E-state index contributed by atoms with van der Waals surface area (Å²) in [5.41, 5.74) is 1.13. The molecule has 9 heteroatoms. The second kappa shape index (κ2) is 8.20. The van der Waals surface area contributed by atoms with Gasteiger partial charge in [-0.1, -0.05) is 0 Å². The molecule has 3 rings (SSSR count). The van der Waals surface area contributed by atoms with Gasteiger partial charge < -0.3 is 0 Å². The topological polar surface area (TPSA) is 90.0 Å². The summed E-state index contributed by atoms with van der Waals surface area (Å²) in [4.78, 5) is 27.2. The van der Waals surface area contributed by atoms with Crippen LogP contribution in [-0.4, -0.2) is 67.7 Å². The van der Waals surface area contributed by atoms with Crippen LogP contribution in [0.15, 0.2) is 36.4 Å². The van der Waals surface area contributed by atoms with Crippen LogP contribution in [0.25, 0.3) is 0 Å². The molecule has 1 aliphatic heterocycles. The Labute approximate surface area is 178 Å². The predicted octanol–water partition coefficient (Wildman–Crippen LogP) is 0.734. The molecule has 2 atom stereocenters. The number of carbonyl (C=O) groups excluding carboxylic acids is 2. The van der Waals surface area contributed by atoms with Gasteiger partial charge in [-0.25, -0.2) is 0 Å². The molecule has 2 unspecified atom stereocenters. The third kappa shape index (κ3) is 4.19. The monoisotopic (exact) mass is 479 g/mol. The quantitative estimate of drug-likeness (QED) is 0.430. The number of benzene rings is 2. The summed E-state index contributed by atoms with van der Waals surface area (Å²) in [5, 5.41) is 0. The molecule has 2 aromatic rings. The standard InChI is InChI=1S/C20H22AsNO6S/c1-4-28-17-10-12(8-9-16(17)27-2)15(11-29(3,25)26)22-19(23)13-6-5-7-14(21)18(13)20(22)24/h5-10,15H,4,11,21H2,1-3H3. The van der Waals surface area contributed by atoms with E-state index in [4.69, 9.17) is 9.47 Å². The number of ether oxygens (including phenoxy) is 2. The van der Waals surface area contributed by atoms with Crippen molar-refractivity contribution in [1.82, 2.24) is 4.90 Å². The molecule has 29 heavy (non-hydrogen) atoms. The van der Waals surface area contributed by atoms with Gasteiger partial charge in [-0.05, 0) is 0 Å². The number of amides is 2. The molecule has 2 aromatic carbocycles. The number of hydrogen-bond donors (Lipinski definition) is 0. The van der Waals surface area contributed by atoms with Crippen LogP contribution in [0.3, 0.4) is 0 Å². The van der Waals surface area contributed by atoms with E-state index in [9.17, 15) is 18.0 Å². The zero-order chi connectivity index (χ0) is 21.3. The summed E-state index contributed by atoms with van der Waals surface area (Å²) in [7, 11) is -2.01. The van der Waals surface area contributed by atoms with Gasteiger partial charge in [0.05, 0.1) is 0 Å². The Morgan fingerprint density at radius 3 is 2.41 bits per heavy atom. The molecular formula is C20H22AsNO6S. The van der Waals surface area contributed by atoms with E-state index < -0.39 is 27.7 Å². The number of methoxy groups -OCH3 is 1. The predicted molar refractivity (Wildman–Crippen MR) is 112 cm³/mol. The van der Waals surface area contributed by atoms with E-state index in [1.54, 1.807) is 36.4 Å². The van der Waals surface area contributed by atoms with E-state index in [0.717, 1.165) is 15.5 Å². The summed E-state index contributed by atoms with van der Waals surface area (Å²) in [6, 6.07) is 9.03. The summed E-state index contributed by atoms with van der Waals surface area (Å²) in [5.74, 6) is -0.461. The first-order valence-electron chi connectivity index (χ1n) is 8.92. The van der Waals surface area contributed by atoms with Crippen LogP contribution in [0, 0.1) is 0 Å². The summed E-state index contributed by atoms with van der Waals surface area (Å²) in [6.07, 6.45) is 1.08. The molecule has 0 saturated heterocycles. The number of sulfone groups is 1. The van der Waals surface area contributed by atoms with Crippen LogP contribution in [0.1, 0.15) is 39.2 Å². The molecule has 0 aromatic heterocycles. The zero-order valence-corrected chi connectivity index (χ0v) is 19.6. The third-order valence-corrected chi connectivity index (χ3v) is 6.55. The maximum atomic E-state index is 13.1. The van der Waals surface area contributed by atoms with Crippen molar-refractivity contribution in [2.75, 3.05) is 25.7 Å². The molecule has 0 bridgehead atoms. The van der Waals surface area contributed by atoms with Crippen LogP contribution in [0.5, 0.6) is 11.5 Å². The molecule has 0 fully saturated rings. The van der Waals surface area contributed by atoms with E-state index in [2.05, 4.69) is 0 Å². The van der Waals surface area contributed by atoms with Crippen molar-refractivity contribution >= 4 is 42.9 Å². The van der Waals surface area contributed by atoms with Crippen LogP contribution >= 0.6 is 0 Å². The molecule has 0 spiro atoms. The molecule has 0 saturated carbocycles. The van der Waals surface area contributed by atoms with Crippen molar-refractivity contribution < 1.29 is 27.5 Å².